The number of aryl methyl sites for hydroxylation is 2. The third-order valence-corrected chi connectivity index (χ3v) is 7.83. The Kier molecular flexibility index (Phi) is 11.8. The summed E-state index contributed by atoms with van der Waals surface area (Å²) in [6.07, 6.45) is 3.40. The van der Waals surface area contributed by atoms with Crippen LogP contribution >= 0.6 is 12.4 Å². The van der Waals surface area contributed by atoms with Gasteiger partial charge in [-0.2, -0.15) is 4.98 Å². The van der Waals surface area contributed by atoms with Gasteiger partial charge in [-0.3, -0.25) is 9.59 Å². The van der Waals surface area contributed by atoms with Gasteiger partial charge in [-0.15, -0.1) is 12.4 Å². The van der Waals surface area contributed by atoms with Crippen LogP contribution in [-0.2, 0) is 22.4 Å². The molecule has 1 heterocycles. The number of halogens is 1. The van der Waals surface area contributed by atoms with Crippen LogP contribution in [0.1, 0.15) is 49.3 Å². The Morgan fingerprint density at radius 1 is 1.05 bits per heavy atom. The molecule has 3 aromatic rings. The van der Waals surface area contributed by atoms with Crippen molar-refractivity contribution in [1.29, 1.82) is 0 Å². The first-order valence-electron chi connectivity index (χ1n) is 14.5. The molecule has 0 spiro atoms. The molecule has 0 fully saturated rings. The van der Waals surface area contributed by atoms with Crippen molar-refractivity contribution < 1.29 is 23.6 Å². The average molecular weight is 614 g/mol. The maximum Gasteiger partial charge on any atom is 0.242 e. The Bertz CT molecular complexity index is 1380. The van der Waals surface area contributed by atoms with Gasteiger partial charge in [0.15, 0.2) is 11.5 Å². The molecular weight excluding hydrogens is 570 g/mol. The lowest BCUT2D eigenvalue weighted by atomic mass is 10.1. The Morgan fingerprint density at radius 2 is 1.70 bits per heavy atom. The van der Waals surface area contributed by atoms with Crippen LogP contribution in [0.5, 0.6) is 11.5 Å². The molecule has 2 aromatic carbocycles. The van der Waals surface area contributed by atoms with E-state index in [0.717, 1.165) is 53.6 Å². The molecular formula is C32H44ClN5O5. The molecule has 0 bridgehead atoms. The number of carbonyl (C=O) groups is 2. The number of hydrogen-bond acceptors (Lipinski definition) is 8. The van der Waals surface area contributed by atoms with Gasteiger partial charge < -0.3 is 29.1 Å². The van der Waals surface area contributed by atoms with Gasteiger partial charge in [-0.1, -0.05) is 31.1 Å². The molecule has 0 unspecified atom stereocenters. The fourth-order valence-electron chi connectivity index (χ4n) is 5.37. The first-order valence-corrected chi connectivity index (χ1v) is 14.5. The highest BCUT2D eigenvalue weighted by Gasteiger charge is 2.30. The third kappa shape index (κ3) is 8.40. The van der Waals surface area contributed by atoms with Crippen LogP contribution in [0.4, 0.5) is 5.69 Å². The predicted octanol–water partition coefficient (Wildman–Crippen LogP) is 4.78. The number of nitrogens with zero attached hydrogens (tertiary/aromatic N) is 4. The first-order chi connectivity index (χ1) is 20.1. The van der Waals surface area contributed by atoms with Crippen molar-refractivity contribution in [2.75, 3.05) is 45.8 Å². The minimum Gasteiger partial charge on any atom is -0.493 e. The van der Waals surface area contributed by atoms with Crippen molar-refractivity contribution in [2.45, 2.75) is 59.4 Å². The molecule has 1 N–H and O–H groups in total. The van der Waals surface area contributed by atoms with Crippen molar-refractivity contribution in [3.05, 3.63) is 52.9 Å². The van der Waals surface area contributed by atoms with Gasteiger partial charge in [0.1, 0.15) is 0 Å². The summed E-state index contributed by atoms with van der Waals surface area (Å²) < 4.78 is 16.1. The maximum atomic E-state index is 13.8. The molecule has 0 atom stereocenters. The summed E-state index contributed by atoms with van der Waals surface area (Å²) in [5.41, 5.74) is 4.76. The zero-order valence-corrected chi connectivity index (χ0v) is 27.0. The van der Waals surface area contributed by atoms with Crippen molar-refractivity contribution in [1.82, 2.24) is 20.4 Å². The number of likely N-dealkylation sites (N-methyl/N-ethyl adjacent to an activating group) is 1. The van der Waals surface area contributed by atoms with Crippen LogP contribution in [0.2, 0.25) is 0 Å². The molecule has 0 saturated carbocycles. The van der Waals surface area contributed by atoms with E-state index < -0.39 is 0 Å². The van der Waals surface area contributed by atoms with E-state index in [0.29, 0.717) is 35.7 Å². The minimum absolute atomic E-state index is 0. The van der Waals surface area contributed by atoms with Gasteiger partial charge in [-0.05, 0) is 73.4 Å². The van der Waals surface area contributed by atoms with Crippen LogP contribution < -0.4 is 19.7 Å². The average Bonchev–Trinajstić information content (AvgIpc) is 3.59. The SMILES string of the molecule is COc1cc2c(cc1OC)CC(N(C)C(=O)CN(CC(=O)NCCCC(C)C)c1cc(-c3noc(C)n3)ccc1C)C2.Cl. The Labute approximate surface area is 260 Å². The normalized spacial score (nSPS) is 12.5. The van der Waals surface area contributed by atoms with E-state index in [2.05, 4.69) is 29.3 Å². The fraction of sp³-hybridized carbons (Fsp3) is 0.500. The van der Waals surface area contributed by atoms with E-state index in [-0.39, 0.29) is 43.4 Å². The highest BCUT2D eigenvalue weighted by Crippen LogP contribution is 2.36. The summed E-state index contributed by atoms with van der Waals surface area (Å²) in [4.78, 5) is 34.8. The van der Waals surface area contributed by atoms with Crippen molar-refractivity contribution in [3.8, 4) is 22.9 Å². The lowest BCUT2D eigenvalue weighted by Crippen LogP contribution is -2.47. The van der Waals surface area contributed by atoms with Crippen molar-refractivity contribution >= 4 is 29.9 Å². The number of rotatable bonds is 13. The number of methoxy groups -OCH3 is 2. The van der Waals surface area contributed by atoms with Crippen LogP contribution in [0.3, 0.4) is 0 Å². The molecule has 0 aliphatic heterocycles. The van der Waals surface area contributed by atoms with Gasteiger partial charge in [0.2, 0.25) is 23.5 Å². The number of ether oxygens (including phenoxy) is 2. The number of nitrogens with one attached hydrogen (secondary N) is 1. The van der Waals surface area contributed by atoms with Gasteiger partial charge in [-0.25, -0.2) is 0 Å². The zero-order valence-electron chi connectivity index (χ0n) is 26.2. The fourth-order valence-corrected chi connectivity index (χ4v) is 5.37. The van der Waals surface area contributed by atoms with Crippen LogP contribution in [0.15, 0.2) is 34.9 Å². The molecule has 234 valence electrons. The Morgan fingerprint density at radius 3 is 2.26 bits per heavy atom. The van der Waals surface area contributed by atoms with E-state index in [1.54, 1.807) is 26.0 Å². The standard InChI is InChI=1S/C32H43N5O5.ClH/c1-20(2)9-8-12-33-30(38)18-37(27-15-23(11-10-21(27)3)32-34-22(4)42-35-32)19-31(39)36(5)26-13-24-16-28(40-6)29(41-7)17-25(24)14-26;/h10-11,15-17,20,26H,8-9,12-14,18-19H2,1-7H3,(H,33,38);1H. The van der Waals surface area contributed by atoms with E-state index in [9.17, 15) is 9.59 Å². The van der Waals surface area contributed by atoms with Crippen molar-refractivity contribution in [2.24, 2.45) is 5.92 Å². The molecule has 4 rings (SSSR count). The topological polar surface area (TPSA) is 110 Å². The summed E-state index contributed by atoms with van der Waals surface area (Å²) in [6.45, 7) is 8.75. The van der Waals surface area contributed by atoms with Gasteiger partial charge in [0.05, 0.1) is 27.3 Å². The van der Waals surface area contributed by atoms with E-state index in [1.165, 1.54) is 0 Å². The highest BCUT2D eigenvalue weighted by atomic mass is 35.5. The lowest BCUT2D eigenvalue weighted by Gasteiger charge is -2.30. The maximum absolute atomic E-state index is 13.8. The second-order valence-electron chi connectivity index (χ2n) is 11.4. The predicted molar refractivity (Wildman–Crippen MR) is 169 cm³/mol. The minimum atomic E-state index is -0.123. The first kappa shape index (κ1) is 33.7. The molecule has 1 aliphatic rings. The number of anilines is 1. The molecule has 1 aromatic heterocycles. The molecule has 10 nitrogen and oxygen atoms in total. The number of benzene rings is 2. The number of fused-ring (bicyclic) bond motifs is 1. The Hall–Kier alpha value is -3.79. The van der Waals surface area contributed by atoms with E-state index in [1.807, 2.05) is 49.2 Å². The molecule has 43 heavy (non-hydrogen) atoms. The van der Waals surface area contributed by atoms with E-state index in [4.69, 9.17) is 14.0 Å². The van der Waals surface area contributed by atoms with Crippen molar-refractivity contribution in [3.63, 3.8) is 0 Å². The number of aromatic nitrogens is 2. The summed E-state index contributed by atoms with van der Waals surface area (Å²) in [6, 6.07) is 9.77. The van der Waals surface area contributed by atoms with Gasteiger partial charge >= 0.3 is 0 Å². The number of carbonyl (C=O) groups excluding carboxylic acids is 2. The lowest BCUT2D eigenvalue weighted by molar-refractivity contribution is -0.130. The summed E-state index contributed by atoms with van der Waals surface area (Å²) in [5.74, 6) is 2.68. The molecule has 11 heteroatoms. The van der Waals surface area contributed by atoms with Crippen LogP contribution in [-0.4, -0.2) is 73.8 Å². The monoisotopic (exact) mass is 613 g/mol. The highest BCUT2D eigenvalue weighted by molar-refractivity contribution is 5.87. The van der Waals surface area contributed by atoms with Crippen LogP contribution in [0.25, 0.3) is 11.4 Å². The van der Waals surface area contributed by atoms with Gasteiger partial charge in [0, 0.05) is 37.8 Å². The number of hydrogen-bond donors (Lipinski definition) is 1. The second kappa shape index (κ2) is 15.1. The van der Waals surface area contributed by atoms with Gasteiger partial charge in [0.25, 0.3) is 0 Å². The van der Waals surface area contributed by atoms with E-state index >= 15 is 0 Å². The summed E-state index contributed by atoms with van der Waals surface area (Å²) >= 11 is 0. The third-order valence-electron chi connectivity index (χ3n) is 7.83. The largest absolute Gasteiger partial charge is 0.493 e. The number of amides is 2. The van der Waals surface area contributed by atoms with Crippen LogP contribution in [0, 0.1) is 19.8 Å². The molecule has 0 saturated heterocycles. The summed E-state index contributed by atoms with van der Waals surface area (Å²) in [7, 11) is 5.08. The smallest absolute Gasteiger partial charge is 0.242 e. The zero-order chi connectivity index (χ0) is 30.4. The molecule has 2 amide bonds. The molecule has 0 radical (unpaired) electrons. The second-order valence-corrected chi connectivity index (χ2v) is 11.4. The Balaban J connectivity index is 0.00000506. The summed E-state index contributed by atoms with van der Waals surface area (Å²) in [5, 5.41) is 7.08. The molecule has 1 aliphatic carbocycles. The quantitative estimate of drug-likeness (QED) is 0.274.